The van der Waals surface area contributed by atoms with Gasteiger partial charge in [-0.3, -0.25) is 9.69 Å². The third-order valence-electron chi connectivity index (χ3n) is 6.44. The van der Waals surface area contributed by atoms with E-state index in [1.54, 1.807) is 24.1 Å². The minimum Gasteiger partial charge on any atom is -0.338 e. The van der Waals surface area contributed by atoms with Crippen molar-refractivity contribution in [2.24, 2.45) is 0 Å². The number of hydrogen-bond acceptors (Lipinski definition) is 5. The number of halogens is 1. The molecule has 6 nitrogen and oxygen atoms in total. The van der Waals surface area contributed by atoms with Crippen molar-refractivity contribution in [2.45, 2.75) is 50.5 Å². The first-order chi connectivity index (χ1) is 16.5. The summed E-state index contributed by atoms with van der Waals surface area (Å²) in [5.41, 5.74) is 2.08. The fraction of sp³-hybridized carbons (Fsp3) is 0.423. The monoisotopic (exact) mass is 481 g/mol. The molecule has 1 aliphatic heterocycles. The molecule has 2 aromatic carbocycles. The number of carbonyl (C=O) groups excluding carboxylic acids is 1. The van der Waals surface area contributed by atoms with Crippen molar-refractivity contribution in [3.05, 3.63) is 77.4 Å². The van der Waals surface area contributed by atoms with Gasteiger partial charge in [0.2, 0.25) is 5.91 Å². The summed E-state index contributed by atoms with van der Waals surface area (Å²) >= 11 is 1.42. The third-order valence-corrected chi connectivity index (χ3v) is 7.39. The van der Waals surface area contributed by atoms with Crippen LogP contribution in [0, 0.1) is 5.82 Å². The van der Waals surface area contributed by atoms with Gasteiger partial charge in [0, 0.05) is 7.05 Å². The lowest BCUT2D eigenvalue weighted by atomic mass is 10.1. The Morgan fingerprint density at radius 1 is 1.03 bits per heavy atom. The average Bonchev–Trinajstić information content (AvgIpc) is 3.24. The van der Waals surface area contributed by atoms with Gasteiger partial charge < -0.3 is 9.47 Å². The molecule has 1 aliphatic rings. The normalized spacial score (nSPS) is 15.3. The van der Waals surface area contributed by atoms with Crippen LogP contribution in [0.15, 0.2) is 59.8 Å². The van der Waals surface area contributed by atoms with Crippen LogP contribution in [0.2, 0.25) is 0 Å². The molecule has 1 unspecified atom stereocenters. The van der Waals surface area contributed by atoms with E-state index in [0.717, 1.165) is 36.2 Å². The molecule has 1 saturated heterocycles. The maximum atomic E-state index is 13.3. The number of rotatable bonds is 9. The minimum absolute atomic E-state index is 0.00586. The molecular formula is C26H32FN5OS. The van der Waals surface area contributed by atoms with Crippen molar-refractivity contribution >= 4 is 17.7 Å². The van der Waals surface area contributed by atoms with Crippen LogP contribution >= 0.6 is 11.8 Å². The Morgan fingerprint density at radius 3 is 2.44 bits per heavy atom. The van der Waals surface area contributed by atoms with Gasteiger partial charge in [0.1, 0.15) is 11.6 Å². The second kappa shape index (κ2) is 11.6. The molecule has 3 aromatic rings. The molecule has 0 spiro atoms. The lowest BCUT2D eigenvalue weighted by molar-refractivity contribution is -0.128. The van der Waals surface area contributed by atoms with Gasteiger partial charge in [0.15, 0.2) is 5.16 Å². The Hall–Kier alpha value is -2.71. The summed E-state index contributed by atoms with van der Waals surface area (Å²) in [6.07, 6.45) is 3.74. The quantitative estimate of drug-likeness (QED) is 0.413. The standard InChI is InChI=1S/C26H32FN5OS/c1-20(22-11-13-23(27)14-12-22)30(2)25(33)19-34-26-29-28-24(18-31-15-7-4-8-16-31)32(26)17-21-9-5-3-6-10-21/h3,5-6,9-14,20H,4,7-8,15-19H2,1-2H3. The van der Waals surface area contributed by atoms with Gasteiger partial charge in [0.25, 0.3) is 0 Å². The van der Waals surface area contributed by atoms with Crippen LogP contribution in [-0.4, -0.2) is 56.4 Å². The van der Waals surface area contributed by atoms with Crippen molar-refractivity contribution in [2.75, 3.05) is 25.9 Å². The molecule has 0 radical (unpaired) electrons. The van der Waals surface area contributed by atoms with Crippen LogP contribution in [0.1, 0.15) is 49.2 Å². The molecule has 4 rings (SSSR count). The molecule has 0 saturated carbocycles. The van der Waals surface area contributed by atoms with Crippen LogP contribution in [0.4, 0.5) is 4.39 Å². The maximum absolute atomic E-state index is 13.3. The molecule has 34 heavy (non-hydrogen) atoms. The maximum Gasteiger partial charge on any atom is 0.233 e. The zero-order valence-corrected chi connectivity index (χ0v) is 20.7. The number of nitrogens with zero attached hydrogens (tertiary/aromatic N) is 5. The summed E-state index contributed by atoms with van der Waals surface area (Å²) in [6.45, 7) is 5.58. The van der Waals surface area contributed by atoms with E-state index in [2.05, 4.69) is 31.8 Å². The zero-order chi connectivity index (χ0) is 23.9. The first kappa shape index (κ1) is 24.4. The fourth-order valence-electron chi connectivity index (χ4n) is 4.19. The van der Waals surface area contributed by atoms with Crippen LogP contribution in [0.3, 0.4) is 0 Å². The van der Waals surface area contributed by atoms with Crippen LogP contribution in [-0.2, 0) is 17.9 Å². The number of thioether (sulfide) groups is 1. The van der Waals surface area contributed by atoms with Crippen LogP contribution in [0.5, 0.6) is 0 Å². The van der Waals surface area contributed by atoms with Gasteiger partial charge in [-0.1, -0.05) is 60.6 Å². The third kappa shape index (κ3) is 6.24. The van der Waals surface area contributed by atoms with E-state index in [1.807, 2.05) is 25.1 Å². The Morgan fingerprint density at radius 2 is 1.74 bits per heavy atom. The molecule has 8 heteroatoms. The summed E-state index contributed by atoms with van der Waals surface area (Å²) in [5, 5.41) is 9.73. The van der Waals surface area contributed by atoms with E-state index in [0.29, 0.717) is 6.54 Å². The topological polar surface area (TPSA) is 54.3 Å². The van der Waals surface area contributed by atoms with E-state index in [-0.39, 0.29) is 23.5 Å². The van der Waals surface area contributed by atoms with Crippen molar-refractivity contribution in [1.82, 2.24) is 24.6 Å². The van der Waals surface area contributed by atoms with Gasteiger partial charge in [-0.25, -0.2) is 4.39 Å². The number of likely N-dealkylation sites (tertiary alicyclic amines) is 1. The average molecular weight is 482 g/mol. The van der Waals surface area contributed by atoms with E-state index >= 15 is 0 Å². The number of amides is 1. The molecular weight excluding hydrogens is 449 g/mol. The summed E-state index contributed by atoms with van der Waals surface area (Å²) in [4.78, 5) is 17.1. The summed E-state index contributed by atoms with van der Waals surface area (Å²) in [5.74, 6) is 0.916. The number of benzene rings is 2. The molecule has 1 fully saturated rings. The van der Waals surface area contributed by atoms with Crippen molar-refractivity contribution in [1.29, 1.82) is 0 Å². The predicted molar refractivity (Wildman–Crippen MR) is 133 cm³/mol. The largest absolute Gasteiger partial charge is 0.338 e. The van der Waals surface area contributed by atoms with Gasteiger partial charge >= 0.3 is 0 Å². The summed E-state index contributed by atoms with van der Waals surface area (Å²) in [7, 11) is 1.79. The van der Waals surface area contributed by atoms with Crippen LogP contribution in [0.25, 0.3) is 0 Å². The molecule has 180 valence electrons. The highest BCUT2D eigenvalue weighted by Gasteiger charge is 2.21. The molecule has 0 aliphatic carbocycles. The lowest BCUT2D eigenvalue weighted by Gasteiger charge is -2.26. The highest BCUT2D eigenvalue weighted by molar-refractivity contribution is 7.99. The smallest absolute Gasteiger partial charge is 0.233 e. The van der Waals surface area contributed by atoms with Gasteiger partial charge in [-0.2, -0.15) is 0 Å². The van der Waals surface area contributed by atoms with Gasteiger partial charge in [-0.15, -0.1) is 10.2 Å². The summed E-state index contributed by atoms with van der Waals surface area (Å²) < 4.78 is 15.4. The Bertz CT molecular complexity index is 1070. The van der Waals surface area contributed by atoms with E-state index < -0.39 is 0 Å². The van der Waals surface area contributed by atoms with E-state index in [1.165, 1.54) is 48.7 Å². The Balaban J connectivity index is 1.45. The van der Waals surface area contributed by atoms with Gasteiger partial charge in [-0.05, 0) is 56.1 Å². The van der Waals surface area contributed by atoms with E-state index in [4.69, 9.17) is 0 Å². The first-order valence-corrected chi connectivity index (χ1v) is 12.8. The molecule has 1 aromatic heterocycles. The number of piperidine rings is 1. The SMILES string of the molecule is CC(c1ccc(F)cc1)N(C)C(=O)CSc1nnc(CN2CCCCC2)n1Cc1ccccc1. The van der Waals surface area contributed by atoms with Crippen molar-refractivity contribution in [3.63, 3.8) is 0 Å². The highest BCUT2D eigenvalue weighted by atomic mass is 32.2. The molecule has 0 bridgehead atoms. The van der Waals surface area contributed by atoms with E-state index in [9.17, 15) is 9.18 Å². The highest BCUT2D eigenvalue weighted by Crippen LogP contribution is 2.24. The Labute approximate surface area is 205 Å². The summed E-state index contributed by atoms with van der Waals surface area (Å²) in [6, 6.07) is 16.4. The molecule has 2 heterocycles. The van der Waals surface area contributed by atoms with Crippen molar-refractivity contribution in [3.8, 4) is 0 Å². The number of aromatic nitrogens is 3. The minimum atomic E-state index is -0.279. The second-order valence-corrected chi connectivity index (χ2v) is 9.77. The van der Waals surface area contributed by atoms with Crippen LogP contribution < -0.4 is 0 Å². The molecule has 1 amide bonds. The first-order valence-electron chi connectivity index (χ1n) is 11.8. The predicted octanol–water partition coefficient (Wildman–Crippen LogP) is 4.76. The zero-order valence-electron chi connectivity index (χ0n) is 19.9. The Kier molecular flexibility index (Phi) is 8.34. The number of hydrogen-bond donors (Lipinski definition) is 0. The second-order valence-electron chi connectivity index (χ2n) is 8.83. The fourth-order valence-corrected chi connectivity index (χ4v) is 5.07. The molecule has 1 atom stereocenters. The van der Waals surface area contributed by atoms with Gasteiger partial charge in [0.05, 0.1) is 24.9 Å². The van der Waals surface area contributed by atoms with Crippen molar-refractivity contribution < 1.29 is 9.18 Å². The molecule has 0 N–H and O–H groups in total. The lowest BCUT2D eigenvalue weighted by Crippen LogP contribution is -2.31. The number of carbonyl (C=O) groups is 1.